The molecule has 2 aromatic carbocycles. The molecule has 13 heteroatoms. The Morgan fingerprint density at radius 2 is 1.63 bits per heavy atom. The zero-order valence-electron chi connectivity index (χ0n) is 17.3. The van der Waals surface area contributed by atoms with E-state index in [1.165, 1.54) is 53.5 Å². The highest BCUT2D eigenvalue weighted by atomic mass is 19.4. The molecule has 0 aliphatic heterocycles. The second-order valence-electron chi connectivity index (χ2n) is 7.25. The van der Waals surface area contributed by atoms with Crippen molar-refractivity contribution in [3.63, 3.8) is 0 Å². The summed E-state index contributed by atoms with van der Waals surface area (Å²) in [5.74, 6) is -2.92. The number of benzene rings is 2. The Hall–Kier alpha value is -4.16. The fourth-order valence-corrected chi connectivity index (χ4v) is 3.19. The van der Waals surface area contributed by atoms with Crippen LogP contribution >= 0.6 is 0 Å². The summed E-state index contributed by atoms with van der Waals surface area (Å²) in [5, 5.41) is 5.25. The summed E-state index contributed by atoms with van der Waals surface area (Å²) in [6.45, 7) is -1.49. The number of nitrogens with zero attached hydrogens (tertiary/aromatic N) is 3. The van der Waals surface area contributed by atoms with E-state index in [0.717, 1.165) is 12.1 Å². The first-order valence-electron chi connectivity index (χ1n) is 9.75. The molecule has 0 unspecified atom stereocenters. The van der Waals surface area contributed by atoms with Gasteiger partial charge in [0.15, 0.2) is 0 Å². The maximum atomic E-state index is 13.6. The summed E-state index contributed by atoms with van der Waals surface area (Å²) in [6, 6.07) is 9.89. The number of halogens is 7. The summed E-state index contributed by atoms with van der Waals surface area (Å²) in [5.41, 5.74) is -0.306. The second kappa shape index (κ2) is 8.89. The van der Waals surface area contributed by atoms with Gasteiger partial charge in [0.05, 0.1) is 17.6 Å². The molecule has 0 spiro atoms. The normalized spacial score (nSPS) is 12.1. The van der Waals surface area contributed by atoms with Crippen molar-refractivity contribution in [3.8, 4) is 28.2 Å². The average molecular weight is 498 g/mol. The highest BCUT2D eigenvalue weighted by Crippen LogP contribution is 2.42. The van der Waals surface area contributed by atoms with Crippen molar-refractivity contribution in [1.29, 1.82) is 0 Å². The largest absolute Gasteiger partial charge is 0.453 e. The molecule has 0 saturated carbocycles. The van der Waals surface area contributed by atoms with Gasteiger partial charge in [-0.2, -0.15) is 26.3 Å². The minimum absolute atomic E-state index is 0.0460. The van der Waals surface area contributed by atoms with Gasteiger partial charge in [-0.1, -0.05) is 5.16 Å². The molecule has 2 aromatic heterocycles. The van der Waals surface area contributed by atoms with Crippen molar-refractivity contribution in [1.82, 2.24) is 20.0 Å². The Kier molecular flexibility index (Phi) is 6.09. The van der Waals surface area contributed by atoms with E-state index in [1.807, 2.05) is 0 Å². The number of imidazole rings is 1. The molecular weight excluding hydrogens is 485 g/mol. The van der Waals surface area contributed by atoms with Crippen molar-refractivity contribution in [2.24, 2.45) is 0 Å². The highest BCUT2D eigenvalue weighted by Gasteiger charge is 2.41. The molecular formula is C22H13F7N4O2. The molecule has 0 aliphatic carbocycles. The molecule has 0 fully saturated rings. The molecule has 0 aliphatic rings. The van der Waals surface area contributed by atoms with Gasteiger partial charge in [-0.15, -0.1) is 0 Å². The smallest absolute Gasteiger partial charge is 0.350 e. The van der Waals surface area contributed by atoms with Crippen LogP contribution in [0.5, 0.6) is 0 Å². The van der Waals surface area contributed by atoms with Gasteiger partial charge in [0.25, 0.3) is 5.91 Å². The van der Waals surface area contributed by atoms with Crippen LogP contribution < -0.4 is 5.32 Å². The van der Waals surface area contributed by atoms with E-state index in [9.17, 15) is 35.5 Å². The third-order valence-corrected chi connectivity index (χ3v) is 4.78. The van der Waals surface area contributed by atoms with Crippen molar-refractivity contribution in [2.45, 2.75) is 12.4 Å². The van der Waals surface area contributed by atoms with E-state index in [2.05, 4.69) is 14.7 Å². The van der Waals surface area contributed by atoms with Crippen LogP contribution in [-0.2, 0) is 6.18 Å². The number of hydrogen-bond acceptors (Lipinski definition) is 4. The lowest BCUT2D eigenvalue weighted by molar-refractivity contribution is -0.155. The third-order valence-electron chi connectivity index (χ3n) is 4.78. The fraction of sp³-hybridized carbons (Fsp3) is 0.136. The predicted molar refractivity (Wildman–Crippen MR) is 108 cm³/mol. The maximum absolute atomic E-state index is 13.6. The third kappa shape index (κ3) is 5.34. The van der Waals surface area contributed by atoms with Crippen LogP contribution in [0.15, 0.2) is 65.6 Å². The molecule has 35 heavy (non-hydrogen) atoms. The van der Waals surface area contributed by atoms with Crippen molar-refractivity contribution in [2.75, 3.05) is 6.54 Å². The Morgan fingerprint density at radius 1 is 0.971 bits per heavy atom. The minimum Gasteiger partial charge on any atom is -0.350 e. The van der Waals surface area contributed by atoms with Crippen LogP contribution in [0.25, 0.3) is 28.2 Å². The Balaban J connectivity index is 1.65. The van der Waals surface area contributed by atoms with E-state index in [1.54, 1.807) is 5.32 Å². The zero-order chi connectivity index (χ0) is 25.4. The topological polar surface area (TPSA) is 73.0 Å². The van der Waals surface area contributed by atoms with E-state index in [-0.39, 0.29) is 22.5 Å². The monoisotopic (exact) mass is 498 g/mol. The van der Waals surface area contributed by atoms with Gasteiger partial charge in [-0.3, -0.25) is 4.79 Å². The number of nitrogens with one attached hydrogen (secondary N) is 1. The second-order valence-corrected chi connectivity index (χ2v) is 7.25. The van der Waals surface area contributed by atoms with Crippen molar-refractivity contribution < 1.29 is 40.1 Å². The molecule has 0 saturated heterocycles. The molecule has 182 valence electrons. The molecule has 0 radical (unpaired) electrons. The van der Waals surface area contributed by atoms with Crippen LogP contribution in [0.4, 0.5) is 30.7 Å². The first kappa shape index (κ1) is 24.0. The standard InChI is InChI=1S/C22H13F7N4O2/c23-14-5-1-12(2-6-14)18-17(19(35-32-18)22(27,28)29)16-9-33(11-31-16)15-7-3-13(4-8-15)20(34)30-10-21(24,25)26/h1-9,11H,10H2,(H,30,34). The fourth-order valence-electron chi connectivity index (χ4n) is 3.19. The van der Waals surface area contributed by atoms with Crippen LogP contribution in [0.2, 0.25) is 0 Å². The van der Waals surface area contributed by atoms with E-state index in [4.69, 9.17) is 0 Å². The summed E-state index contributed by atoms with van der Waals surface area (Å²) in [6.07, 6.45) is -6.99. The maximum Gasteiger partial charge on any atom is 0.453 e. The number of hydrogen-bond donors (Lipinski definition) is 1. The summed E-state index contributed by atoms with van der Waals surface area (Å²) in [7, 11) is 0. The van der Waals surface area contributed by atoms with Crippen LogP contribution in [0, 0.1) is 5.82 Å². The summed E-state index contributed by atoms with van der Waals surface area (Å²) < 4.78 is 96.7. The molecule has 0 bridgehead atoms. The number of carbonyl (C=O) groups excluding carboxylic acids is 1. The molecule has 0 atom stereocenters. The number of alkyl halides is 6. The molecule has 4 rings (SSSR count). The quantitative estimate of drug-likeness (QED) is 0.362. The first-order valence-corrected chi connectivity index (χ1v) is 9.75. The predicted octanol–water partition coefficient (Wildman–Crippen LogP) is 5.64. The van der Waals surface area contributed by atoms with E-state index in [0.29, 0.717) is 5.69 Å². The van der Waals surface area contributed by atoms with Gasteiger partial charge in [0.1, 0.15) is 18.1 Å². The van der Waals surface area contributed by atoms with Gasteiger partial charge in [0.2, 0.25) is 5.76 Å². The minimum atomic E-state index is -4.89. The summed E-state index contributed by atoms with van der Waals surface area (Å²) >= 11 is 0. The Morgan fingerprint density at radius 3 is 2.23 bits per heavy atom. The Bertz CT molecular complexity index is 1340. The molecule has 4 aromatic rings. The van der Waals surface area contributed by atoms with Gasteiger partial charge >= 0.3 is 12.4 Å². The van der Waals surface area contributed by atoms with Crippen LogP contribution in [-0.4, -0.2) is 33.3 Å². The SMILES string of the molecule is O=C(NCC(F)(F)F)c1ccc(-n2cnc(-c3c(-c4ccc(F)cc4)noc3C(F)(F)F)c2)cc1. The van der Waals surface area contributed by atoms with Gasteiger partial charge in [-0.25, -0.2) is 9.37 Å². The van der Waals surface area contributed by atoms with Crippen molar-refractivity contribution >= 4 is 5.91 Å². The number of carbonyl (C=O) groups is 1. The van der Waals surface area contributed by atoms with Gasteiger partial charge in [-0.05, 0) is 48.5 Å². The zero-order valence-corrected chi connectivity index (χ0v) is 17.3. The van der Waals surface area contributed by atoms with Gasteiger partial charge < -0.3 is 14.4 Å². The lowest BCUT2D eigenvalue weighted by Gasteiger charge is -2.09. The number of aromatic nitrogens is 3. The summed E-state index contributed by atoms with van der Waals surface area (Å²) in [4.78, 5) is 15.9. The molecule has 1 N–H and O–H groups in total. The molecule has 2 heterocycles. The average Bonchev–Trinajstić information content (AvgIpc) is 3.45. The van der Waals surface area contributed by atoms with E-state index >= 15 is 0 Å². The number of amides is 1. The van der Waals surface area contributed by atoms with Crippen molar-refractivity contribution in [3.05, 3.63) is 78.2 Å². The van der Waals surface area contributed by atoms with Crippen LogP contribution in [0.3, 0.4) is 0 Å². The van der Waals surface area contributed by atoms with Crippen LogP contribution in [0.1, 0.15) is 16.1 Å². The number of rotatable bonds is 5. The van der Waals surface area contributed by atoms with Gasteiger partial charge in [0, 0.05) is 23.0 Å². The lowest BCUT2D eigenvalue weighted by atomic mass is 10.0. The lowest BCUT2D eigenvalue weighted by Crippen LogP contribution is -2.33. The van der Waals surface area contributed by atoms with E-state index < -0.39 is 41.9 Å². The molecule has 6 nitrogen and oxygen atoms in total. The highest BCUT2D eigenvalue weighted by molar-refractivity contribution is 5.94. The molecule has 1 amide bonds. The Labute approximate surface area is 192 Å². The first-order chi connectivity index (χ1) is 16.4.